The second-order valence-corrected chi connectivity index (χ2v) is 4.91. The molecule has 4 nitrogen and oxygen atoms in total. The summed E-state index contributed by atoms with van der Waals surface area (Å²) in [4.78, 5) is 17.3. The summed E-state index contributed by atoms with van der Waals surface area (Å²) in [6, 6.07) is 12.3. The van der Waals surface area contributed by atoms with Crippen molar-refractivity contribution in [1.82, 2.24) is 4.98 Å². The number of fused-ring (bicyclic) bond motifs is 1. The number of esters is 1. The molecule has 0 amide bonds. The van der Waals surface area contributed by atoms with Gasteiger partial charge in [-0.3, -0.25) is 0 Å². The van der Waals surface area contributed by atoms with Crippen LogP contribution in [-0.4, -0.2) is 24.1 Å². The molecule has 0 fully saturated rings. The Morgan fingerprint density at radius 3 is 2.90 bits per heavy atom. The number of nitrogens with one attached hydrogen (secondary N) is 1. The average molecular weight is 270 g/mol. The summed E-state index contributed by atoms with van der Waals surface area (Å²) < 4.78 is 5.03. The Bertz CT molecular complexity index is 604. The smallest absolute Gasteiger partial charge is 0.354 e. The molecule has 0 unspecified atom stereocenters. The van der Waals surface area contributed by atoms with E-state index in [0.717, 1.165) is 25.2 Å². The van der Waals surface area contributed by atoms with Crippen LogP contribution in [0, 0.1) is 0 Å². The van der Waals surface area contributed by atoms with Crippen LogP contribution in [0.3, 0.4) is 0 Å². The van der Waals surface area contributed by atoms with Crippen molar-refractivity contribution in [2.45, 2.75) is 19.9 Å². The number of para-hydroxylation sites is 1. The molecule has 1 aromatic carbocycles. The van der Waals surface area contributed by atoms with Gasteiger partial charge >= 0.3 is 5.97 Å². The van der Waals surface area contributed by atoms with E-state index >= 15 is 0 Å². The first kappa shape index (κ1) is 12.8. The maximum absolute atomic E-state index is 11.7. The number of hydrogen-bond donors (Lipinski definition) is 1. The number of aromatic nitrogens is 1. The van der Waals surface area contributed by atoms with Gasteiger partial charge in [-0.15, -0.1) is 0 Å². The van der Waals surface area contributed by atoms with Gasteiger partial charge in [0.05, 0.1) is 6.61 Å². The maximum Gasteiger partial charge on any atom is 0.354 e. The molecule has 104 valence electrons. The van der Waals surface area contributed by atoms with Gasteiger partial charge in [0, 0.05) is 30.9 Å². The monoisotopic (exact) mass is 270 g/mol. The quantitative estimate of drug-likeness (QED) is 0.872. The number of hydrogen-bond acceptors (Lipinski definition) is 3. The number of nitrogens with zero attached hydrogens (tertiary/aromatic N) is 1. The number of benzene rings is 1. The molecule has 1 N–H and O–H groups in total. The second kappa shape index (κ2) is 5.41. The van der Waals surface area contributed by atoms with Crippen molar-refractivity contribution in [2.75, 3.05) is 18.1 Å². The lowest BCUT2D eigenvalue weighted by Crippen LogP contribution is -2.29. The summed E-state index contributed by atoms with van der Waals surface area (Å²) >= 11 is 0. The number of rotatable bonds is 3. The van der Waals surface area contributed by atoms with Crippen molar-refractivity contribution < 1.29 is 9.53 Å². The van der Waals surface area contributed by atoms with Gasteiger partial charge in [-0.2, -0.15) is 0 Å². The van der Waals surface area contributed by atoms with Gasteiger partial charge in [0.25, 0.3) is 0 Å². The Labute approximate surface area is 118 Å². The fourth-order valence-corrected chi connectivity index (χ4v) is 2.61. The molecule has 0 radical (unpaired) electrons. The van der Waals surface area contributed by atoms with Crippen LogP contribution in [0.5, 0.6) is 0 Å². The Balaban J connectivity index is 1.80. The second-order valence-electron chi connectivity index (χ2n) is 4.91. The number of ether oxygens (including phenoxy) is 1. The van der Waals surface area contributed by atoms with Gasteiger partial charge in [0.2, 0.25) is 0 Å². The Morgan fingerprint density at radius 1 is 1.35 bits per heavy atom. The fraction of sp³-hybridized carbons (Fsp3) is 0.312. The number of carbonyl (C=O) groups is 1. The number of carbonyl (C=O) groups excluding carboxylic acids is 1. The molecule has 4 heteroatoms. The molecular weight excluding hydrogens is 252 g/mol. The third-order valence-electron chi connectivity index (χ3n) is 3.60. The van der Waals surface area contributed by atoms with E-state index in [1.807, 2.05) is 31.2 Å². The standard InChI is InChI=1S/C16H18N2O2/c1-2-20-16(19)15-10-12-11-18(9-8-14(12)17-15)13-6-4-3-5-7-13/h3-7,10,17H,2,8-9,11H2,1H3. The first-order valence-electron chi connectivity index (χ1n) is 6.96. The number of aromatic amines is 1. The Hall–Kier alpha value is -2.23. The third-order valence-corrected chi connectivity index (χ3v) is 3.60. The van der Waals surface area contributed by atoms with Crippen molar-refractivity contribution in [3.63, 3.8) is 0 Å². The molecule has 0 saturated carbocycles. The molecule has 1 aromatic heterocycles. The molecule has 1 aliphatic rings. The summed E-state index contributed by atoms with van der Waals surface area (Å²) in [6.07, 6.45) is 0.920. The molecule has 0 spiro atoms. The Morgan fingerprint density at radius 2 is 2.15 bits per heavy atom. The highest BCUT2D eigenvalue weighted by Gasteiger charge is 2.21. The van der Waals surface area contributed by atoms with Crippen molar-refractivity contribution in [2.24, 2.45) is 0 Å². The highest BCUT2D eigenvalue weighted by molar-refractivity contribution is 5.88. The van der Waals surface area contributed by atoms with Crippen LogP contribution in [0.25, 0.3) is 0 Å². The SMILES string of the molecule is CCOC(=O)c1cc2c([nH]1)CCN(c1ccccc1)C2. The fourth-order valence-electron chi connectivity index (χ4n) is 2.61. The largest absolute Gasteiger partial charge is 0.461 e. The maximum atomic E-state index is 11.7. The minimum Gasteiger partial charge on any atom is -0.461 e. The molecule has 20 heavy (non-hydrogen) atoms. The molecule has 1 aliphatic heterocycles. The van der Waals surface area contributed by atoms with E-state index in [1.54, 1.807) is 0 Å². The molecule has 3 rings (SSSR count). The van der Waals surface area contributed by atoms with Crippen molar-refractivity contribution in [3.05, 3.63) is 53.3 Å². The molecular formula is C16H18N2O2. The van der Waals surface area contributed by atoms with Crippen molar-refractivity contribution >= 4 is 11.7 Å². The van der Waals surface area contributed by atoms with Gasteiger partial charge in [-0.1, -0.05) is 18.2 Å². The van der Waals surface area contributed by atoms with Crippen molar-refractivity contribution in [3.8, 4) is 0 Å². The van der Waals surface area contributed by atoms with Crippen molar-refractivity contribution in [1.29, 1.82) is 0 Å². The lowest BCUT2D eigenvalue weighted by atomic mass is 10.1. The highest BCUT2D eigenvalue weighted by Crippen LogP contribution is 2.24. The van der Waals surface area contributed by atoms with Gasteiger partial charge in [-0.25, -0.2) is 4.79 Å². The lowest BCUT2D eigenvalue weighted by molar-refractivity contribution is 0.0520. The molecule has 0 aliphatic carbocycles. The van der Waals surface area contributed by atoms with E-state index < -0.39 is 0 Å². The zero-order valence-electron chi connectivity index (χ0n) is 11.6. The number of anilines is 1. The van der Waals surface area contributed by atoms with Gasteiger partial charge < -0.3 is 14.6 Å². The normalized spacial score (nSPS) is 13.9. The third kappa shape index (κ3) is 2.41. The highest BCUT2D eigenvalue weighted by atomic mass is 16.5. The van der Waals surface area contributed by atoms with E-state index in [1.165, 1.54) is 11.3 Å². The predicted molar refractivity (Wildman–Crippen MR) is 77.9 cm³/mol. The first-order chi connectivity index (χ1) is 9.78. The molecule has 0 atom stereocenters. The zero-order chi connectivity index (χ0) is 13.9. The van der Waals surface area contributed by atoms with E-state index in [0.29, 0.717) is 12.3 Å². The first-order valence-corrected chi connectivity index (χ1v) is 6.96. The summed E-state index contributed by atoms with van der Waals surface area (Å²) in [5.41, 5.74) is 4.12. The van der Waals surface area contributed by atoms with Crippen LogP contribution in [0.15, 0.2) is 36.4 Å². The van der Waals surface area contributed by atoms with E-state index in [4.69, 9.17) is 4.74 Å². The minimum atomic E-state index is -0.270. The van der Waals surface area contributed by atoms with Crippen LogP contribution >= 0.6 is 0 Å². The summed E-state index contributed by atoms with van der Waals surface area (Å²) in [5, 5.41) is 0. The molecule has 2 aromatic rings. The van der Waals surface area contributed by atoms with Gasteiger partial charge in [0.1, 0.15) is 5.69 Å². The van der Waals surface area contributed by atoms with E-state index in [2.05, 4.69) is 22.0 Å². The van der Waals surface area contributed by atoms with E-state index in [9.17, 15) is 4.79 Å². The lowest BCUT2D eigenvalue weighted by Gasteiger charge is -2.28. The van der Waals surface area contributed by atoms with Crippen LogP contribution in [0.2, 0.25) is 0 Å². The van der Waals surface area contributed by atoms with Crippen LogP contribution in [-0.2, 0) is 17.7 Å². The average Bonchev–Trinajstić information content (AvgIpc) is 2.91. The molecule has 2 heterocycles. The summed E-state index contributed by atoms with van der Waals surface area (Å²) in [6.45, 7) is 4.01. The zero-order valence-corrected chi connectivity index (χ0v) is 11.6. The van der Waals surface area contributed by atoms with Gasteiger partial charge in [-0.05, 0) is 30.7 Å². The molecule has 0 bridgehead atoms. The topological polar surface area (TPSA) is 45.3 Å². The molecule has 0 saturated heterocycles. The van der Waals surface area contributed by atoms with Crippen LogP contribution in [0.1, 0.15) is 28.7 Å². The van der Waals surface area contributed by atoms with E-state index in [-0.39, 0.29) is 5.97 Å². The number of H-pyrrole nitrogens is 1. The predicted octanol–water partition coefficient (Wildman–Crippen LogP) is 2.75. The minimum absolute atomic E-state index is 0.270. The Kier molecular flexibility index (Phi) is 3.46. The summed E-state index contributed by atoms with van der Waals surface area (Å²) in [5.74, 6) is -0.270. The van der Waals surface area contributed by atoms with Crippen LogP contribution in [0.4, 0.5) is 5.69 Å². The summed E-state index contributed by atoms with van der Waals surface area (Å²) in [7, 11) is 0. The van der Waals surface area contributed by atoms with Crippen LogP contribution < -0.4 is 4.90 Å². The van der Waals surface area contributed by atoms with Gasteiger partial charge in [0.15, 0.2) is 0 Å².